The molecule has 0 aromatic carbocycles. The summed E-state index contributed by atoms with van der Waals surface area (Å²) in [7, 11) is 0. The molecule has 2 aromatic rings. The molecule has 0 saturated heterocycles. The quantitative estimate of drug-likeness (QED) is 0.877. The van der Waals surface area contributed by atoms with E-state index < -0.39 is 0 Å². The summed E-state index contributed by atoms with van der Waals surface area (Å²) in [5.74, 6) is 1.70. The summed E-state index contributed by atoms with van der Waals surface area (Å²) in [6.07, 6.45) is 8.31. The van der Waals surface area contributed by atoms with Gasteiger partial charge in [0.25, 0.3) is 0 Å². The Balaban J connectivity index is 1.99. The van der Waals surface area contributed by atoms with Gasteiger partial charge in [0.05, 0.1) is 12.5 Å². The number of hydrogen-bond donors (Lipinski definition) is 1. The van der Waals surface area contributed by atoms with Crippen molar-refractivity contribution in [2.24, 2.45) is 0 Å². The minimum Gasteiger partial charge on any atom is -0.370 e. The zero-order valence-corrected chi connectivity index (χ0v) is 12.1. The lowest BCUT2D eigenvalue weighted by molar-refractivity contribution is 0.741. The predicted molar refractivity (Wildman–Crippen MR) is 79.7 cm³/mol. The standard InChI is InChI=1S/C15H21N5/c1-3-5-11-8-14(17-4-2)19-15(18-11)13-9-16-10-20(13)12-6-7-12/h8-10,12H,3-7H2,1-2H3,(H,17,18,19). The van der Waals surface area contributed by atoms with Crippen LogP contribution in [0.1, 0.15) is 44.8 Å². The van der Waals surface area contributed by atoms with Crippen molar-refractivity contribution < 1.29 is 0 Å². The molecule has 1 fully saturated rings. The summed E-state index contributed by atoms with van der Waals surface area (Å²) in [6.45, 7) is 5.11. The summed E-state index contributed by atoms with van der Waals surface area (Å²) >= 11 is 0. The van der Waals surface area contributed by atoms with Crippen molar-refractivity contribution in [1.82, 2.24) is 19.5 Å². The van der Waals surface area contributed by atoms with E-state index in [1.807, 2.05) is 18.6 Å². The maximum absolute atomic E-state index is 4.71. The molecular weight excluding hydrogens is 250 g/mol. The van der Waals surface area contributed by atoms with Gasteiger partial charge < -0.3 is 9.88 Å². The molecule has 20 heavy (non-hydrogen) atoms. The maximum Gasteiger partial charge on any atom is 0.180 e. The van der Waals surface area contributed by atoms with Crippen LogP contribution in [0.15, 0.2) is 18.6 Å². The molecule has 0 radical (unpaired) electrons. The molecule has 1 aliphatic rings. The Labute approximate surface area is 119 Å². The van der Waals surface area contributed by atoms with E-state index in [1.54, 1.807) is 0 Å². The third-order valence-corrected chi connectivity index (χ3v) is 3.48. The molecule has 0 atom stereocenters. The Kier molecular flexibility index (Phi) is 3.67. The zero-order valence-electron chi connectivity index (χ0n) is 12.1. The lowest BCUT2D eigenvalue weighted by atomic mass is 10.2. The largest absolute Gasteiger partial charge is 0.370 e. The fourth-order valence-corrected chi connectivity index (χ4v) is 2.39. The van der Waals surface area contributed by atoms with Crippen molar-refractivity contribution in [2.45, 2.75) is 45.6 Å². The Bertz CT molecular complexity index is 561. The lowest BCUT2D eigenvalue weighted by Gasteiger charge is -2.10. The van der Waals surface area contributed by atoms with Gasteiger partial charge in [0, 0.05) is 24.3 Å². The van der Waals surface area contributed by atoms with Crippen LogP contribution in [0.3, 0.4) is 0 Å². The molecule has 5 nitrogen and oxygen atoms in total. The molecule has 0 spiro atoms. The van der Waals surface area contributed by atoms with Gasteiger partial charge in [-0.3, -0.25) is 0 Å². The average Bonchev–Trinajstić information content (AvgIpc) is 3.16. The third-order valence-electron chi connectivity index (χ3n) is 3.48. The molecule has 5 heteroatoms. The Hall–Kier alpha value is -1.91. The van der Waals surface area contributed by atoms with Crippen molar-refractivity contribution in [2.75, 3.05) is 11.9 Å². The first-order chi connectivity index (χ1) is 9.81. The second-order valence-corrected chi connectivity index (χ2v) is 5.27. The van der Waals surface area contributed by atoms with Crippen molar-refractivity contribution in [3.05, 3.63) is 24.3 Å². The molecule has 2 aromatic heterocycles. The van der Waals surface area contributed by atoms with E-state index in [2.05, 4.69) is 33.7 Å². The van der Waals surface area contributed by atoms with Crippen LogP contribution < -0.4 is 5.32 Å². The Morgan fingerprint density at radius 3 is 2.85 bits per heavy atom. The molecule has 0 amide bonds. The van der Waals surface area contributed by atoms with Crippen LogP contribution in [-0.2, 0) is 6.42 Å². The Morgan fingerprint density at radius 2 is 2.15 bits per heavy atom. The molecule has 2 heterocycles. The summed E-state index contributed by atoms with van der Waals surface area (Å²) < 4.78 is 2.21. The van der Waals surface area contributed by atoms with Gasteiger partial charge >= 0.3 is 0 Å². The molecule has 106 valence electrons. The number of anilines is 1. The highest BCUT2D eigenvalue weighted by Crippen LogP contribution is 2.37. The SMILES string of the molecule is CCCc1cc(NCC)nc(-c2cncn2C2CC2)n1. The van der Waals surface area contributed by atoms with E-state index in [0.717, 1.165) is 42.4 Å². The molecular formula is C15H21N5. The number of hydrogen-bond acceptors (Lipinski definition) is 4. The smallest absolute Gasteiger partial charge is 0.180 e. The van der Waals surface area contributed by atoms with Crippen molar-refractivity contribution in [3.63, 3.8) is 0 Å². The van der Waals surface area contributed by atoms with Crippen molar-refractivity contribution in [1.29, 1.82) is 0 Å². The highest BCUT2D eigenvalue weighted by Gasteiger charge is 2.26. The van der Waals surface area contributed by atoms with Gasteiger partial charge in [-0.1, -0.05) is 13.3 Å². The summed E-state index contributed by atoms with van der Waals surface area (Å²) in [4.78, 5) is 13.6. The van der Waals surface area contributed by atoms with Crippen LogP contribution in [0.4, 0.5) is 5.82 Å². The average molecular weight is 271 g/mol. The van der Waals surface area contributed by atoms with E-state index in [9.17, 15) is 0 Å². The molecule has 0 aliphatic heterocycles. The fourth-order valence-electron chi connectivity index (χ4n) is 2.39. The second kappa shape index (κ2) is 5.61. The van der Waals surface area contributed by atoms with E-state index >= 15 is 0 Å². The molecule has 0 unspecified atom stereocenters. The number of rotatable bonds is 6. The van der Waals surface area contributed by atoms with Crippen molar-refractivity contribution in [3.8, 4) is 11.5 Å². The summed E-state index contributed by atoms with van der Waals surface area (Å²) in [6, 6.07) is 2.64. The Morgan fingerprint density at radius 1 is 1.30 bits per heavy atom. The first-order valence-corrected chi connectivity index (χ1v) is 7.45. The zero-order chi connectivity index (χ0) is 13.9. The minimum atomic E-state index is 0.591. The van der Waals surface area contributed by atoms with Gasteiger partial charge in [0.15, 0.2) is 5.82 Å². The van der Waals surface area contributed by atoms with Gasteiger partial charge in [0.1, 0.15) is 11.5 Å². The van der Waals surface area contributed by atoms with Gasteiger partial charge in [0.2, 0.25) is 0 Å². The van der Waals surface area contributed by atoms with Crippen LogP contribution >= 0.6 is 0 Å². The number of nitrogens with zero attached hydrogens (tertiary/aromatic N) is 4. The number of nitrogens with one attached hydrogen (secondary N) is 1. The normalized spacial score (nSPS) is 14.5. The maximum atomic E-state index is 4.71. The van der Waals surface area contributed by atoms with Gasteiger partial charge in [-0.2, -0.15) is 0 Å². The topological polar surface area (TPSA) is 55.6 Å². The van der Waals surface area contributed by atoms with Gasteiger partial charge in [-0.05, 0) is 26.2 Å². The lowest BCUT2D eigenvalue weighted by Crippen LogP contribution is -2.06. The number of aromatic nitrogens is 4. The number of imidazole rings is 1. The molecule has 1 aliphatic carbocycles. The van der Waals surface area contributed by atoms with Crippen LogP contribution in [-0.4, -0.2) is 26.1 Å². The monoisotopic (exact) mass is 271 g/mol. The summed E-state index contributed by atoms with van der Waals surface area (Å²) in [5.41, 5.74) is 2.13. The van der Waals surface area contributed by atoms with Gasteiger partial charge in [-0.15, -0.1) is 0 Å². The van der Waals surface area contributed by atoms with Gasteiger partial charge in [-0.25, -0.2) is 15.0 Å². The highest BCUT2D eigenvalue weighted by molar-refractivity contribution is 5.53. The van der Waals surface area contributed by atoms with Crippen LogP contribution in [0.2, 0.25) is 0 Å². The van der Waals surface area contributed by atoms with Crippen LogP contribution in [0, 0.1) is 0 Å². The first kappa shape index (κ1) is 13.1. The third kappa shape index (κ3) is 2.66. The van der Waals surface area contributed by atoms with E-state index in [0.29, 0.717) is 6.04 Å². The number of aryl methyl sites for hydroxylation is 1. The van der Waals surface area contributed by atoms with E-state index in [-0.39, 0.29) is 0 Å². The van der Waals surface area contributed by atoms with Crippen molar-refractivity contribution >= 4 is 5.82 Å². The molecule has 0 bridgehead atoms. The van der Waals surface area contributed by atoms with E-state index in [4.69, 9.17) is 4.98 Å². The minimum absolute atomic E-state index is 0.591. The second-order valence-electron chi connectivity index (χ2n) is 5.27. The van der Waals surface area contributed by atoms with Crippen LogP contribution in [0.5, 0.6) is 0 Å². The predicted octanol–water partition coefficient (Wildman–Crippen LogP) is 3.06. The molecule has 1 saturated carbocycles. The molecule has 1 N–H and O–H groups in total. The first-order valence-electron chi connectivity index (χ1n) is 7.45. The molecule has 3 rings (SSSR count). The van der Waals surface area contributed by atoms with Crippen LogP contribution in [0.25, 0.3) is 11.5 Å². The van der Waals surface area contributed by atoms with E-state index in [1.165, 1.54) is 12.8 Å². The summed E-state index contributed by atoms with van der Waals surface area (Å²) in [5, 5.41) is 3.29. The highest BCUT2D eigenvalue weighted by atomic mass is 15.1. The fraction of sp³-hybridized carbons (Fsp3) is 0.533.